The zero-order valence-electron chi connectivity index (χ0n) is 13.0. The fourth-order valence-corrected chi connectivity index (χ4v) is 2.36. The standard InChI is InChI=1S/C18H18Cl2N2O2/c19-15-5-1-13(2-6-15)9-11-21-17(23)18(24)22-12-10-14-3-7-16(20)8-4-14/h1-8H,9-12H2,(H,21,23)(H,22,24). The summed E-state index contributed by atoms with van der Waals surface area (Å²) in [5.41, 5.74) is 2.09. The van der Waals surface area contributed by atoms with Gasteiger partial charge in [0.15, 0.2) is 0 Å². The largest absolute Gasteiger partial charge is 0.348 e. The Bertz CT molecular complexity index is 624. The average Bonchev–Trinajstić information content (AvgIpc) is 2.58. The molecule has 0 radical (unpaired) electrons. The number of hydrogen-bond acceptors (Lipinski definition) is 2. The molecule has 0 atom stereocenters. The maximum atomic E-state index is 11.7. The molecular formula is C18H18Cl2N2O2. The fraction of sp³-hybridized carbons (Fsp3) is 0.222. The lowest BCUT2D eigenvalue weighted by Crippen LogP contribution is -2.41. The van der Waals surface area contributed by atoms with Crippen molar-refractivity contribution in [2.45, 2.75) is 12.8 Å². The first kappa shape index (κ1) is 18.3. The summed E-state index contributed by atoms with van der Waals surface area (Å²) in [6.07, 6.45) is 1.28. The molecule has 4 nitrogen and oxygen atoms in total. The Labute approximate surface area is 151 Å². The van der Waals surface area contributed by atoms with E-state index < -0.39 is 11.8 Å². The van der Waals surface area contributed by atoms with Gasteiger partial charge in [-0.25, -0.2) is 0 Å². The van der Waals surface area contributed by atoms with Crippen molar-refractivity contribution in [2.75, 3.05) is 13.1 Å². The zero-order valence-corrected chi connectivity index (χ0v) is 14.5. The molecule has 6 heteroatoms. The van der Waals surface area contributed by atoms with Crippen molar-refractivity contribution < 1.29 is 9.59 Å². The number of amides is 2. The van der Waals surface area contributed by atoms with Crippen LogP contribution in [0.1, 0.15) is 11.1 Å². The van der Waals surface area contributed by atoms with Gasteiger partial charge in [0, 0.05) is 23.1 Å². The van der Waals surface area contributed by atoms with Crippen LogP contribution in [0.3, 0.4) is 0 Å². The predicted octanol–water partition coefficient (Wildman–Crippen LogP) is 3.01. The number of halogens is 2. The minimum atomic E-state index is -0.625. The van der Waals surface area contributed by atoms with Crippen LogP contribution in [0.5, 0.6) is 0 Å². The fourth-order valence-electron chi connectivity index (χ4n) is 2.10. The maximum absolute atomic E-state index is 11.7. The van der Waals surface area contributed by atoms with Gasteiger partial charge in [-0.1, -0.05) is 47.5 Å². The number of carbonyl (C=O) groups is 2. The van der Waals surface area contributed by atoms with E-state index in [1.54, 1.807) is 24.3 Å². The van der Waals surface area contributed by atoms with Crippen LogP contribution in [0.4, 0.5) is 0 Å². The van der Waals surface area contributed by atoms with Gasteiger partial charge in [-0.05, 0) is 48.2 Å². The summed E-state index contributed by atoms with van der Waals surface area (Å²) in [6.45, 7) is 0.788. The summed E-state index contributed by atoms with van der Waals surface area (Å²) in [6, 6.07) is 14.7. The highest BCUT2D eigenvalue weighted by molar-refractivity contribution is 6.35. The normalized spacial score (nSPS) is 10.2. The van der Waals surface area contributed by atoms with E-state index in [9.17, 15) is 9.59 Å². The third-order valence-corrected chi connectivity index (χ3v) is 3.94. The lowest BCUT2D eigenvalue weighted by atomic mass is 10.1. The second-order valence-corrected chi connectivity index (χ2v) is 6.14. The van der Waals surface area contributed by atoms with Gasteiger partial charge in [0.25, 0.3) is 0 Å². The van der Waals surface area contributed by atoms with Crippen LogP contribution in [0.15, 0.2) is 48.5 Å². The molecule has 0 spiro atoms. The van der Waals surface area contributed by atoms with E-state index in [4.69, 9.17) is 23.2 Å². The highest BCUT2D eigenvalue weighted by atomic mass is 35.5. The molecule has 0 aromatic heterocycles. The van der Waals surface area contributed by atoms with E-state index in [2.05, 4.69) is 10.6 Å². The van der Waals surface area contributed by atoms with Gasteiger partial charge in [0.1, 0.15) is 0 Å². The van der Waals surface area contributed by atoms with Gasteiger partial charge in [-0.3, -0.25) is 9.59 Å². The number of nitrogens with one attached hydrogen (secondary N) is 2. The molecule has 0 bridgehead atoms. The molecule has 2 aromatic carbocycles. The number of benzene rings is 2. The van der Waals surface area contributed by atoms with E-state index in [1.807, 2.05) is 24.3 Å². The monoisotopic (exact) mass is 364 g/mol. The molecule has 0 aliphatic rings. The van der Waals surface area contributed by atoms with Crippen molar-refractivity contribution in [3.05, 3.63) is 69.7 Å². The third kappa shape index (κ3) is 6.22. The molecule has 2 rings (SSSR count). The van der Waals surface area contributed by atoms with Crippen LogP contribution in [0.2, 0.25) is 10.0 Å². The second-order valence-electron chi connectivity index (χ2n) is 5.26. The van der Waals surface area contributed by atoms with E-state index in [0.717, 1.165) is 11.1 Å². The lowest BCUT2D eigenvalue weighted by Gasteiger charge is -2.07. The molecule has 0 fully saturated rings. The van der Waals surface area contributed by atoms with Gasteiger partial charge < -0.3 is 10.6 Å². The van der Waals surface area contributed by atoms with Crippen molar-refractivity contribution >= 4 is 35.0 Å². The molecule has 2 N–H and O–H groups in total. The van der Waals surface area contributed by atoms with Gasteiger partial charge in [-0.2, -0.15) is 0 Å². The summed E-state index contributed by atoms with van der Waals surface area (Å²) in [7, 11) is 0. The molecule has 126 valence electrons. The topological polar surface area (TPSA) is 58.2 Å². The quantitative estimate of drug-likeness (QED) is 0.774. The summed E-state index contributed by atoms with van der Waals surface area (Å²) in [5, 5.41) is 6.54. The van der Waals surface area contributed by atoms with E-state index in [0.29, 0.717) is 36.0 Å². The van der Waals surface area contributed by atoms with Gasteiger partial charge in [-0.15, -0.1) is 0 Å². The van der Waals surface area contributed by atoms with Gasteiger partial charge >= 0.3 is 11.8 Å². The minimum Gasteiger partial charge on any atom is -0.348 e. The molecule has 0 aliphatic carbocycles. The van der Waals surface area contributed by atoms with Gasteiger partial charge in [0.2, 0.25) is 0 Å². The minimum absolute atomic E-state index is 0.394. The van der Waals surface area contributed by atoms with Crippen molar-refractivity contribution in [3.63, 3.8) is 0 Å². The third-order valence-electron chi connectivity index (χ3n) is 3.43. The average molecular weight is 365 g/mol. The zero-order chi connectivity index (χ0) is 17.4. The van der Waals surface area contributed by atoms with Crippen LogP contribution in [-0.4, -0.2) is 24.9 Å². The van der Waals surface area contributed by atoms with Crippen LogP contribution in [0.25, 0.3) is 0 Å². The molecule has 0 aliphatic heterocycles. The highest BCUT2D eigenvalue weighted by Crippen LogP contribution is 2.10. The highest BCUT2D eigenvalue weighted by Gasteiger charge is 2.11. The van der Waals surface area contributed by atoms with Crippen molar-refractivity contribution in [1.29, 1.82) is 0 Å². The van der Waals surface area contributed by atoms with E-state index in [1.165, 1.54) is 0 Å². The predicted molar refractivity (Wildman–Crippen MR) is 96.3 cm³/mol. The Morgan fingerprint density at radius 1 is 0.667 bits per heavy atom. The lowest BCUT2D eigenvalue weighted by molar-refractivity contribution is -0.139. The van der Waals surface area contributed by atoms with Crippen molar-refractivity contribution in [1.82, 2.24) is 10.6 Å². The van der Waals surface area contributed by atoms with Crippen LogP contribution in [0, 0.1) is 0 Å². The Morgan fingerprint density at radius 3 is 1.33 bits per heavy atom. The second kappa shape index (κ2) is 9.30. The Balaban J connectivity index is 1.65. The maximum Gasteiger partial charge on any atom is 0.309 e. The molecular weight excluding hydrogens is 347 g/mol. The van der Waals surface area contributed by atoms with Crippen LogP contribution in [-0.2, 0) is 22.4 Å². The summed E-state index contributed by atoms with van der Waals surface area (Å²) >= 11 is 11.6. The molecule has 0 unspecified atom stereocenters. The summed E-state index contributed by atoms with van der Waals surface area (Å²) in [5.74, 6) is -1.25. The Hall–Kier alpha value is -2.04. The van der Waals surface area contributed by atoms with Crippen molar-refractivity contribution in [2.24, 2.45) is 0 Å². The van der Waals surface area contributed by atoms with E-state index >= 15 is 0 Å². The molecule has 0 saturated heterocycles. The first-order chi connectivity index (χ1) is 11.5. The molecule has 24 heavy (non-hydrogen) atoms. The summed E-state index contributed by atoms with van der Waals surface area (Å²) in [4.78, 5) is 23.4. The van der Waals surface area contributed by atoms with Crippen LogP contribution >= 0.6 is 23.2 Å². The summed E-state index contributed by atoms with van der Waals surface area (Å²) < 4.78 is 0. The number of carbonyl (C=O) groups excluding carboxylic acids is 2. The van der Waals surface area contributed by atoms with E-state index in [-0.39, 0.29) is 0 Å². The molecule has 0 saturated carbocycles. The smallest absolute Gasteiger partial charge is 0.309 e. The number of hydrogen-bond donors (Lipinski definition) is 2. The molecule has 0 heterocycles. The molecule has 2 amide bonds. The van der Waals surface area contributed by atoms with Crippen molar-refractivity contribution in [3.8, 4) is 0 Å². The first-order valence-electron chi connectivity index (χ1n) is 7.59. The molecule has 2 aromatic rings. The SMILES string of the molecule is O=C(NCCc1ccc(Cl)cc1)C(=O)NCCc1ccc(Cl)cc1. The van der Waals surface area contributed by atoms with Gasteiger partial charge in [0.05, 0.1) is 0 Å². The Kier molecular flexibility index (Phi) is 7.09. The number of rotatable bonds is 6. The van der Waals surface area contributed by atoms with Crippen LogP contribution < -0.4 is 10.6 Å². The first-order valence-corrected chi connectivity index (χ1v) is 8.35. The Morgan fingerprint density at radius 2 is 1.00 bits per heavy atom.